The molecule has 0 aliphatic heterocycles. The third-order valence-electron chi connectivity index (χ3n) is 7.16. The lowest BCUT2D eigenvalue weighted by molar-refractivity contribution is -0.119. The standard InChI is InChI=1S/C31H37FN4O5S/c1-20(30(37)34-24-11-9-23(32)10-12-24)15-28(33)29(16-21-7-5-4-6-8-21)35-31(38)22-17-25(36(2)42(3,39)40)19-27(18-22)41-26-13-14-26/h4-12,17-20,26,28-29H,13-16,33H2,1-3H3,(H,34,37)(H,35,38)/t20-,28+,29+/m1/s1. The fraction of sp³-hybridized carbons (Fsp3) is 0.355. The summed E-state index contributed by atoms with van der Waals surface area (Å²) in [5, 5.41) is 5.79. The number of benzene rings is 3. The lowest BCUT2D eigenvalue weighted by Crippen LogP contribution is -2.50. The zero-order valence-electron chi connectivity index (χ0n) is 23.9. The molecule has 1 aliphatic carbocycles. The Kier molecular flexibility index (Phi) is 9.85. The largest absolute Gasteiger partial charge is 0.490 e. The van der Waals surface area contributed by atoms with Crippen molar-refractivity contribution >= 4 is 33.2 Å². The van der Waals surface area contributed by atoms with Gasteiger partial charge in [-0.05, 0) is 67.6 Å². The average Bonchev–Trinajstić information content (AvgIpc) is 3.77. The molecule has 0 unspecified atom stereocenters. The molecular weight excluding hydrogens is 559 g/mol. The van der Waals surface area contributed by atoms with Crippen molar-refractivity contribution < 1.29 is 27.1 Å². The Hall–Kier alpha value is -3.96. The van der Waals surface area contributed by atoms with Gasteiger partial charge in [-0.3, -0.25) is 13.9 Å². The van der Waals surface area contributed by atoms with Gasteiger partial charge in [-0.25, -0.2) is 12.8 Å². The number of sulfonamides is 1. The minimum atomic E-state index is -3.58. The topological polar surface area (TPSA) is 131 Å². The Morgan fingerprint density at radius 3 is 2.36 bits per heavy atom. The minimum absolute atomic E-state index is 0.0431. The van der Waals surface area contributed by atoms with Crippen molar-refractivity contribution in [3.8, 4) is 5.75 Å². The summed E-state index contributed by atoms with van der Waals surface area (Å²) in [5.41, 5.74) is 8.58. The second-order valence-corrected chi connectivity index (χ2v) is 12.8. The van der Waals surface area contributed by atoms with Crippen LogP contribution in [0.2, 0.25) is 0 Å². The van der Waals surface area contributed by atoms with Gasteiger partial charge in [-0.2, -0.15) is 0 Å². The van der Waals surface area contributed by atoms with E-state index < -0.39 is 39.7 Å². The molecule has 0 bridgehead atoms. The zero-order chi connectivity index (χ0) is 30.4. The Balaban J connectivity index is 1.53. The van der Waals surface area contributed by atoms with Crippen LogP contribution in [-0.2, 0) is 21.2 Å². The SMILES string of the molecule is C[C@H](C[C@H](N)[C@H](Cc1ccccc1)NC(=O)c1cc(OC2CC2)cc(N(C)S(C)(=O)=O)c1)C(=O)Nc1ccc(F)cc1. The van der Waals surface area contributed by atoms with Gasteiger partial charge in [0.2, 0.25) is 15.9 Å². The maximum Gasteiger partial charge on any atom is 0.251 e. The van der Waals surface area contributed by atoms with Crippen LogP contribution in [0.4, 0.5) is 15.8 Å². The van der Waals surface area contributed by atoms with Gasteiger partial charge in [0.05, 0.1) is 18.0 Å². The van der Waals surface area contributed by atoms with Crippen molar-refractivity contribution in [3.05, 3.63) is 89.7 Å². The fourth-order valence-corrected chi connectivity index (χ4v) is 4.93. The number of halogens is 1. The predicted molar refractivity (Wildman–Crippen MR) is 162 cm³/mol. The first-order valence-corrected chi connectivity index (χ1v) is 15.7. The molecule has 42 heavy (non-hydrogen) atoms. The van der Waals surface area contributed by atoms with Gasteiger partial charge in [-0.1, -0.05) is 37.3 Å². The normalized spacial score (nSPS) is 15.3. The predicted octanol–water partition coefficient (Wildman–Crippen LogP) is 4.10. The van der Waals surface area contributed by atoms with Gasteiger partial charge in [0, 0.05) is 42.4 Å². The molecule has 4 N–H and O–H groups in total. The molecule has 3 aromatic rings. The molecule has 0 radical (unpaired) electrons. The minimum Gasteiger partial charge on any atom is -0.490 e. The van der Waals surface area contributed by atoms with Crippen molar-refractivity contribution in [3.63, 3.8) is 0 Å². The maximum absolute atomic E-state index is 13.6. The number of nitrogens with one attached hydrogen (secondary N) is 2. The molecule has 2 amide bonds. The molecule has 1 saturated carbocycles. The summed E-state index contributed by atoms with van der Waals surface area (Å²) in [4.78, 5) is 26.5. The van der Waals surface area contributed by atoms with E-state index in [0.29, 0.717) is 23.5 Å². The summed E-state index contributed by atoms with van der Waals surface area (Å²) in [7, 11) is -2.17. The number of carbonyl (C=O) groups excluding carboxylic acids is 2. The molecule has 1 fully saturated rings. The number of rotatable bonds is 13. The lowest BCUT2D eigenvalue weighted by Gasteiger charge is -2.28. The number of nitrogens with two attached hydrogens (primary N) is 1. The van der Waals surface area contributed by atoms with E-state index in [1.54, 1.807) is 19.1 Å². The molecule has 224 valence electrons. The third-order valence-corrected chi connectivity index (χ3v) is 8.36. The van der Waals surface area contributed by atoms with Crippen LogP contribution in [0.15, 0.2) is 72.8 Å². The van der Waals surface area contributed by atoms with Crippen LogP contribution >= 0.6 is 0 Å². The molecule has 11 heteroatoms. The monoisotopic (exact) mass is 596 g/mol. The average molecular weight is 597 g/mol. The van der Waals surface area contributed by atoms with E-state index in [9.17, 15) is 22.4 Å². The second-order valence-electron chi connectivity index (χ2n) is 10.8. The fourth-order valence-electron chi connectivity index (χ4n) is 4.44. The molecule has 0 aromatic heterocycles. The molecular formula is C31H37FN4O5S. The molecule has 0 heterocycles. The Bertz CT molecular complexity index is 1500. The van der Waals surface area contributed by atoms with Gasteiger partial charge in [0.15, 0.2) is 0 Å². The summed E-state index contributed by atoms with van der Waals surface area (Å²) in [6, 6.07) is 18.6. The molecule has 1 aliphatic rings. The van der Waals surface area contributed by atoms with E-state index in [0.717, 1.165) is 29.0 Å². The van der Waals surface area contributed by atoms with E-state index in [4.69, 9.17) is 10.5 Å². The van der Waals surface area contributed by atoms with Gasteiger partial charge < -0.3 is 21.1 Å². The van der Waals surface area contributed by atoms with Crippen molar-refractivity contribution in [1.82, 2.24) is 5.32 Å². The number of carbonyl (C=O) groups is 2. The third kappa shape index (κ3) is 8.77. The Labute approximate surface area is 246 Å². The first-order valence-electron chi connectivity index (χ1n) is 13.8. The van der Waals surface area contributed by atoms with Crippen LogP contribution in [0.25, 0.3) is 0 Å². The van der Waals surface area contributed by atoms with Crippen LogP contribution in [0, 0.1) is 11.7 Å². The smallest absolute Gasteiger partial charge is 0.251 e. The maximum atomic E-state index is 13.6. The number of ether oxygens (including phenoxy) is 1. The highest BCUT2D eigenvalue weighted by Crippen LogP contribution is 2.31. The van der Waals surface area contributed by atoms with E-state index >= 15 is 0 Å². The Morgan fingerprint density at radius 1 is 1.07 bits per heavy atom. The molecule has 0 saturated heterocycles. The van der Waals surface area contributed by atoms with Crippen LogP contribution in [0.3, 0.4) is 0 Å². The van der Waals surface area contributed by atoms with Crippen molar-refractivity contribution in [2.45, 2.75) is 50.8 Å². The van der Waals surface area contributed by atoms with Crippen LogP contribution in [0.5, 0.6) is 5.75 Å². The summed E-state index contributed by atoms with van der Waals surface area (Å²) < 4.78 is 44.7. The highest BCUT2D eigenvalue weighted by molar-refractivity contribution is 7.92. The highest BCUT2D eigenvalue weighted by atomic mass is 32.2. The van der Waals surface area contributed by atoms with E-state index in [1.165, 1.54) is 37.4 Å². The quantitative estimate of drug-likeness (QED) is 0.272. The summed E-state index contributed by atoms with van der Waals surface area (Å²) in [6.45, 7) is 1.74. The highest BCUT2D eigenvalue weighted by Gasteiger charge is 2.28. The molecule has 3 atom stereocenters. The number of anilines is 2. The number of hydrogen-bond acceptors (Lipinski definition) is 6. The zero-order valence-corrected chi connectivity index (χ0v) is 24.7. The van der Waals surface area contributed by atoms with Crippen molar-refractivity contribution in [1.29, 1.82) is 0 Å². The van der Waals surface area contributed by atoms with Crippen molar-refractivity contribution in [2.75, 3.05) is 22.9 Å². The summed E-state index contributed by atoms with van der Waals surface area (Å²) in [6.07, 6.45) is 3.60. The first kappa shape index (κ1) is 31.0. The number of hydrogen-bond donors (Lipinski definition) is 3. The van der Waals surface area contributed by atoms with Crippen LogP contribution < -0.4 is 25.4 Å². The first-order chi connectivity index (χ1) is 19.9. The molecule has 9 nitrogen and oxygen atoms in total. The van der Waals surface area contributed by atoms with E-state index in [2.05, 4.69) is 10.6 Å². The second kappa shape index (κ2) is 13.3. The van der Waals surface area contributed by atoms with Crippen LogP contribution in [0.1, 0.15) is 42.1 Å². The summed E-state index contributed by atoms with van der Waals surface area (Å²) in [5.74, 6) is -1.22. The van der Waals surface area contributed by atoms with E-state index in [-0.39, 0.29) is 24.0 Å². The Morgan fingerprint density at radius 2 is 1.74 bits per heavy atom. The number of amides is 2. The van der Waals surface area contributed by atoms with Gasteiger partial charge >= 0.3 is 0 Å². The molecule has 0 spiro atoms. The van der Waals surface area contributed by atoms with E-state index in [1.807, 2.05) is 30.3 Å². The van der Waals surface area contributed by atoms with Gasteiger partial charge in [0.1, 0.15) is 11.6 Å². The molecule has 3 aromatic carbocycles. The van der Waals surface area contributed by atoms with Gasteiger partial charge in [0.25, 0.3) is 5.91 Å². The number of nitrogens with zero attached hydrogens (tertiary/aromatic N) is 1. The van der Waals surface area contributed by atoms with Crippen molar-refractivity contribution in [2.24, 2.45) is 11.7 Å². The van der Waals surface area contributed by atoms with Gasteiger partial charge in [-0.15, -0.1) is 0 Å². The molecule has 4 rings (SSSR count). The summed E-state index contributed by atoms with van der Waals surface area (Å²) >= 11 is 0. The van der Waals surface area contributed by atoms with Crippen LogP contribution in [-0.4, -0.2) is 51.7 Å². The lowest BCUT2D eigenvalue weighted by atomic mass is 9.92.